The van der Waals surface area contributed by atoms with Gasteiger partial charge in [-0.1, -0.05) is 30.3 Å². The summed E-state index contributed by atoms with van der Waals surface area (Å²) < 4.78 is 0. The van der Waals surface area contributed by atoms with Crippen molar-refractivity contribution in [2.45, 2.75) is 6.42 Å². The number of hydrogen-bond donors (Lipinski definition) is 1. The third kappa shape index (κ3) is 4.04. The first kappa shape index (κ1) is 20.0. The summed E-state index contributed by atoms with van der Waals surface area (Å²) in [6, 6.07) is 19.3. The van der Waals surface area contributed by atoms with Crippen LogP contribution < -0.4 is 5.32 Å². The predicted octanol–water partition coefficient (Wildman–Crippen LogP) is 3.69. The Hall–Kier alpha value is -4.33. The van der Waals surface area contributed by atoms with E-state index in [1.54, 1.807) is 0 Å². The Labute approximate surface area is 177 Å². The molecule has 0 saturated heterocycles. The molecule has 0 aromatic heterocycles. The molecule has 0 fully saturated rings. The summed E-state index contributed by atoms with van der Waals surface area (Å²) in [6.45, 7) is 0.251. The fourth-order valence-corrected chi connectivity index (χ4v) is 3.39. The Bertz CT molecular complexity index is 1190. The third-order valence-electron chi connectivity index (χ3n) is 5.04. The maximum absolute atomic E-state index is 12.8. The van der Waals surface area contributed by atoms with Crippen molar-refractivity contribution in [2.24, 2.45) is 0 Å². The topological polar surface area (TPSA) is 110 Å². The number of imide groups is 1. The van der Waals surface area contributed by atoms with Gasteiger partial charge in [0.1, 0.15) is 0 Å². The molecule has 8 heteroatoms. The fourth-order valence-electron chi connectivity index (χ4n) is 3.39. The smallest absolute Gasteiger partial charge is 0.269 e. The first-order chi connectivity index (χ1) is 14.9. The molecule has 1 N–H and O–H groups in total. The van der Waals surface area contributed by atoms with E-state index in [1.807, 2.05) is 30.3 Å². The molecule has 154 valence electrons. The number of nitrogens with zero attached hydrogens (tertiary/aromatic N) is 2. The first-order valence-electron chi connectivity index (χ1n) is 9.54. The molecule has 3 amide bonds. The molecule has 0 saturated carbocycles. The average Bonchev–Trinajstić information content (AvgIpc) is 3.02. The Morgan fingerprint density at radius 1 is 0.903 bits per heavy atom. The van der Waals surface area contributed by atoms with E-state index in [0.717, 1.165) is 5.56 Å². The van der Waals surface area contributed by atoms with Crippen LogP contribution in [-0.4, -0.2) is 34.1 Å². The van der Waals surface area contributed by atoms with Crippen LogP contribution in [0, 0.1) is 10.1 Å². The lowest BCUT2D eigenvalue weighted by atomic mass is 10.1. The minimum absolute atomic E-state index is 0.0877. The summed E-state index contributed by atoms with van der Waals surface area (Å²) in [5.41, 5.74) is 1.97. The summed E-state index contributed by atoms with van der Waals surface area (Å²) >= 11 is 0. The summed E-state index contributed by atoms with van der Waals surface area (Å²) in [7, 11) is 0. The van der Waals surface area contributed by atoms with Gasteiger partial charge < -0.3 is 5.32 Å². The number of fused-ring (bicyclic) bond motifs is 1. The van der Waals surface area contributed by atoms with Crippen LogP contribution in [0.2, 0.25) is 0 Å². The number of benzene rings is 3. The van der Waals surface area contributed by atoms with Gasteiger partial charge in [-0.05, 0) is 42.3 Å². The van der Waals surface area contributed by atoms with Crippen LogP contribution in [0.5, 0.6) is 0 Å². The number of carbonyl (C=O) groups is 3. The Balaban J connectivity index is 1.48. The predicted molar refractivity (Wildman–Crippen MR) is 113 cm³/mol. The zero-order valence-electron chi connectivity index (χ0n) is 16.3. The maximum Gasteiger partial charge on any atom is 0.269 e. The first-order valence-corrected chi connectivity index (χ1v) is 9.54. The van der Waals surface area contributed by atoms with Gasteiger partial charge in [-0.25, -0.2) is 0 Å². The van der Waals surface area contributed by atoms with Crippen molar-refractivity contribution in [3.8, 4) is 0 Å². The van der Waals surface area contributed by atoms with Gasteiger partial charge >= 0.3 is 0 Å². The third-order valence-corrected chi connectivity index (χ3v) is 5.04. The second-order valence-electron chi connectivity index (χ2n) is 7.02. The largest absolute Gasteiger partial charge is 0.322 e. The lowest BCUT2D eigenvalue weighted by molar-refractivity contribution is -0.384. The number of rotatable bonds is 6. The second-order valence-corrected chi connectivity index (χ2v) is 7.02. The van der Waals surface area contributed by atoms with Crippen LogP contribution in [0.3, 0.4) is 0 Å². The molecule has 4 rings (SSSR count). The van der Waals surface area contributed by atoms with E-state index in [-0.39, 0.29) is 34.8 Å². The average molecular weight is 415 g/mol. The van der Waals surface area contributed by atoms with E-state index in [9.17, 15) is 24.5 Å². The van der Waals surface area contributed by atoms with Gasteiger partial charge in [0, 0.05) is 29.9 Å². The van der Waals surface area contributed by atoms with Crippen molar-refractivity contribution in [1.29, 1.82) is 0 Å². The van der Waals surface area contributed by atoms with Gasteiger partial charge in [-0.15, -0.1) is 0 Å². The highest BCUT2D eigenvalue weighted by Gasteiger charge is 2.35. The van der Waals surface area contributed by atoms with Crippen molar-refractivity contribution < 1.29 is 19.3 Å². The maximum atomic E-state index is 12.8. The van der Waals surface area contributed by atoms with Crippen molar-refractivity contribution >= 4 is 29.1 Å². The zero-order chi connectivity index (χ0) is 22.0. The van der Waals surface area contributed by atoms with Crippen LogP contribution in [0.1, 0.15) is 36.6 Å². The molecule has 1 aliphatic rings. The highest BCUT2D eigenvalue weighted by molar-refractivity contribution is 6.22. The molecule has 3 aromatic rings. The summed E-state index contributed by atoms with van der Waals surface area (Å²) in [5, 5.41) is 13.4. The van der Waals surface area contributed by atoms with Gasteiger partial charge in [0.05, 0.1) is 16.1 Å². The molecule has 1 heterocycles. The van der Waals surface area contributed by atoms with Gasteiger partial charge in [0.15, 0.2) is 0 Å². The number of anilines is 1. The van der Waals surface area contributed by atoms with E-state index in [0.29, 0.717) is 12.1 Å². The molecule has 8 nitrogen and oxygen atoms in total. The van der Waals surface area contributed by atoms with Crippen molar-refractivity contribution in [3.63, 3.8) is 0 Å². The van der Waals surface area contributed by atoms with E-state index in [1.165, 1.54) is 47.4 Å². The molecular weight excluding hydrogens is 398 g/mol. The number of nitrogens with one attached hydrogen (secondary N) is 1. The lowest BCUT2D eigenvalue weighted by Gasteiger charge is -2.13. The molecule has 0 unspecified atom stereocenters. The van der Waals surface area contributed by atoms with Crippen LogP contribution in [0.4, 0.5) is 11.4 Å². The van der Waals surface area contributed by atoms with Crippen molar-refractivity contribution in [2.75, 3.05) is 11.9 Å². The number of nitro groups is 1. The number of amides is 3. The number of hydrogen-bond acceptors (Lipinski definition) is 5. The van der Waals surface area contributed by atoms with Crippen LogP contribution in [0.25, 0.3) is 0 Å². The summed E-state index contributed by atoms with van der Waals surface area (Å²) in [4.78, 5) is 49.4. The van der Waals surface area contributed by atoms with E-state index < -0.39 is 16.7 Å². The molecule has 0 spiro atoms. The molecule has 1 aliphatic heterocycles. The minimum atomic E-state index is -0.529. The van der Waals surface area contributed by atoms with E-state index in [4.69, 9.17) is 0 Å². The number of nitro benzene ring substituents is 1. The fraction of sp³-hybridized carbons (Fsp3) is 0.0870. The number of carbonyl (C=O) groups excluding carboxylic acids is 3. The van der Waals surface area contributed by atoms with Crippen LogP contribution in [0.15, 0.2) is 72.8 Å². The van der Waals surface area contributed by atoms with Gasteiger partial charge in [-0.2, -0.15) is 0 Å². The standard InChI is InChI=1S/C23H17N3O5/c27-21(24-17-7-9-18(10-8-17)26(30)31)16-6-11-19-20(14-16)23(29)25(22(19)28)13-12-15-4-2-1-3-5-15/h1-11,14H,12-13H2,(H,24,27). The normalized spacial score (nSPS) is 12.6. The molecule has 0 aliphatic carbocycles. The van der Waals surface area contributed by atoms with Crippen LogP contribution in [-0.2, 0) is 6.42 Å². The number of non-ortho nitro benzene ring substituents is 1. The summed E-state index contributed by atoms with van der Waals surface area (Å²) in [5.74, 6) is -1.29. The minimum Gasteiger partial charge on any atom is -0.322 e. The quantitative estimate of drug-likeness (QED) is 0.375. The van der Waals surface area contributed by atoms with Crippen molar-refractivity contribution in [3.05, 3.63) is 105 Å². The van der Waals surface area contributed by atoms with Crippen LogP contribution >= 0.6 is 0 Å². The summed E-state index contributed by atoms with van der Waals surface area (Å²) in [6.07, 6.45) is 0.541. The molecule has 3 aromatic carbocycles. The highest BCUT2D eigenvalue weighted by atomic mass is 16.6. The van der Waals surface area contributed by atoms with E-state index >= 15 is 0 Å². The Morgan fingerprint density at radius 3 is 2.26 bits per heavy atom. The Morgan fingerprint density at radius 2 is 1.58 bits per heavy atom. The molecule has 0 atom stereocenters. The molecule has 0 bridgehead atoms. The van der Waals surface area contributed by atoms with Crippen molar-refractivity contribution in [1.82, 2.24) is 4.90 Å². The van der Waals surface area contributed by atoms with Gasteiger partial charge in [0.2, 0.25) is 0 Å². The Kier molecular flexibility index (Phi) is 5.28. The SMILES string of the molecule is O=C(Nc1ccc([N+](=O)[O-])cc1)c1ccc2c(c1)C(=O)N(CCc1ccccc1)C2=O. The van der Waals surface area contributed by atoms with Gasteiger partial charge in [-0.3, -0.25) is 29.4 Å². The van der Waals surface area contributed by atoms with Gasteiger partial charge in [0.25, 0.3) is 23.4 Å². The lowest BCUT2D eigenvalue weighted by Crippen LogP contribution is -2.31. The highest BCUT2D eigenvalue weighted by Crippen LogP contribution is 2.25. The molecule has 0 radical (unpaired) electrons. The molecule has 31 heavy (non-hydrogen) atoms. The molecular formula is C23H17N3O5. The zero-order valence-corrected chi connectivity index (χ0v) is 16.3. The monoisotopic (exact) mass is 415 g/mol. The second kappa shape index (κ2) is 8.19. The van der Waals surface area contributed by atoms with E-state index in [2.05, 4.69) is 5.32 Å².